The van der Waals surface area contributed by atoms with Crippen molar-refractivity contribution in [3.05, 3.63) is 38.8 Å². The fraction of sp³-hybridized carbons (Fsp3) is 0.0833. The topological polar surface area (TPSA) is 121 Å². The monoisotopic (exact) mass is 271 g/mol. The molecule has 8 heteroatoms. The number of H-pyrrole nitrogens is 2. The first-order valence-corrected chi connectivity index (χ1v) is 5.75. The Hall–Kier alpha value is -3.03. The van der Waals surface area contributed by atoms with Crippen LogP contribution in [0.5, 0.6) is 0 Å². The van der Waals surface area contributed by atoms with Crippen molar-refractivity contribution in [2.24, 2.45) is 0 Å². The van der Waals surface area contributed by atoms with E-state index in [9.17, 15) is 14.4 Å². The number of benzene rings is 1. The van der Waals surface area contributed by atoms with Crippen LogP contribution < -0.4 is 16.3 Å². The molecule has 8 nitrogen and oxygen atoms in total. The molecule has 2 aromatic heterocycles. The summed E-state index contributed by atoms with van der Waals surface area (Å²) in [6, 6.07) is 4.63. The number of aromatic amines is 2. The maximum atomic E-state index is 12.3. The molecule has 0 aliphatic rings. The van der Waals surface area contributed by atoms with E-state index in [1.54, 1.807) is 6.07 Å². The van der Waals surface area contributed by atoms with Crippen LogP contribution in [0.15, 0.2) is 27.8 Å². The van der Waals surface area contributed by atoms with Crippen LogP contribution in [0.2, 0.25) is 0 Å². The van der Waals surface area contributed by atoms with Crippen molar-refractivity contribution in [2.75, 3.05) is 5.32 Å². The molecule has 0 unspecified atom stereocenters. The molecule has 100 valence electrons. The van der Waals surface area contributed by atoms with Crippen LogP contribution in [0.25, 0.3) is 21.9 Å². The Morgan fingerprint density at radius 2 is 2.10 bits per heavy atom. The van der Waals surface area contributed by atoms with E-state index in [-0.39, 0.29) is 22.4 Å². The molecule has 3 N–H and O–H groups in total. The molecule has 0 fully saturated rings. The lowest BCUT2D eigenvalue weighted by molar-refractivity contribution is -0.114. The molecule has 1 amide bonds. The molecule has 3 aromatic rings. The molecule has 0 spiro atoms. The number of carbonyl (C=O) groups is 1. The lowest BCUT2D eigenvalue weighted by Crippen LogP contribution is -2.06. The van der Waals surface area contributed by atoms with E-state index in [1.165, 1.54) is 19.1 Å². The van der Waals surface area contributed by atoms with Gasteiger partial charge in [-0.1, -0.05) is 5.21 Å². The first kappa shape index (κ1) is 12.0. The number of hydrogen-bond donors (Lipinski definition) is 3. The number of fused-ring (bicyclic) bond motifs is 2. The molecule has 0 saturated carbocycles. The molecule has 0 aliphatic heterocycles. The molecule has 0 bridgehead atoms. The summed E-state index contributed by atoms with van der Waals surface area (Å²) < 4.78 is 0. The molecule has 0 radical (unpaired) electrons. The van der Waals surface area contributed by atoms with Crippen LogP contribution in [0, 0.1) is 0 Å². The lowest BCUT2D eigenvalue weighted by Gasteiger charge is -2.01. The minimum Gasteiger partial charge on any atom is -0.326 e. The Morgan fingerprint density at radius 3 is 2.85 bits per heavy atom. The van der Waals surface area contributed by atoms with E-state index in [4.69, 9.17) is 0 Å². The highest BCUT2D eigenvalue weighted by Gasteiger charge is 2.09. The zero-order valence-corrected chi connectivity index (χ0v) is 10.4. The summed E-state index contributed by atoms with van der Waals surface area (Å²) in [4.78, 5) is 37.8. The van der Waals surface area contributed by atoms with E-state index in [1.807, 2.05) is 0 Å². The number of carbonyl (C=O) groups excluding carboxylic acids is 1. The fourth-order valence-corrected chi connectivity index (χ4v) is 1.99. The van der Waals surface area contributed by atoms with Crippen molar-refractivity contribution in [1.82, 2.24) is 20.4 Å². The van der Waals surface area contributed by atoms with Crippen molar-refractivity contribution in [3.8, 4) is 0 Å². The highest BCUT2D eigenvalue weighted by Crippen LogP contribution is 2.14. The normalized spacial score (nSPS) is 10.8. The van der Waals surface area contributed by atoms with Gasteiger partial charge in [0.25, 0.3) is 5.56 Å². The maximum Gasteiger partial charge on any atom is 0.278 e. The summed E-state index contributed by atoms with van der Waals surface area (Å²) in [5.41, 5.74) is -0.104. The average Bonchev–Trinajstić information content (AvgIpc) is 2.83. The number of amides is 1. The fourth-order valence-electron chi connectivity index (χ4n) is 1.99. The van der Waals surface area contributed by atoms with Gasteiger partial charge < -0.3 is 10.3 Å². The van der Waals surface area contributed by atoms with Gasteiger partial charge in [0, 0.05) is 18.0 Å². The highest BCUT2D eigenvalue weighted by molar-refractivity contribution is 5.93. The number of rotatable bonds is 1. The number of hydrogen-bond acceptors (Lipinski definition) is 5. The number of aromatic nitrogens is 4. The van der Waals surface area contributed by atoms with Gasteiger partial charge in [-0.3, -0.25) is 19.5 Å². The smallest absolute Gasteiger partial charge is 0.278 e. The van der Waals surface area contributed by atoms with Crippen molar-refractivity contribution in [1.29, 1.82) is 0 Å². The minimum atomic E-state index is -0.527. The molecule has 2 heterocycles. The van der Waals surface area contributed by atoms with E-state index < -0.39 is 5.56 Å². The number of nitrogens with one attached hydrogen (secondary N) is 3. The Bertz CT molecular complexity index is 957. The first-order chi connectivity index (χ1) is 9.56. The molecule has 0 atom stereocenters. The Labute approximate surface area is 110 Å². The molecular weight excluding hydrogens is 262 g/mol. The van der Waals surface area contributed by atoms with Gasteiger partial charge in [-0.05, 0) is 18.2 Å². The second kappa shape index (κ2) is 4.26. The average molecular weight is 271 g/mol. The quantitative estimate of drug-likeness (QED) is 0.580. The summed E-state index contributed by atoms with van der Waals surface area (Å²) >= 11 is 0. The lowest BCUT2D eigenvalue weighted by atomic mass is 10.2. The van der Waals surface area contributed by atoms with Gasteiger partial charge in [0.15, 0.2) is 5.52 Å². The SMILES string of the molecule is CC(=O)Nc1ccc2c(=O)c3[nH]nnc3c(=O)[nH]c2c1. The first-order valence-electron chi connectivity index (χ1n) is 5.75. The van der Waals surface area contributed by atoms with Gasteiger partial charge in [-0.2, -0.15) is 0 Å². The van der Waals surface area contributed by atoms with Gasteiger partial charge in [-0.25, -0.2) is 0 Å². The van der Waals surface area contributed by atoms with Crippen LogP contribution >= 0.6 is 0 Å². The van der Waals surface area contributed by atoms with Crippen LogP contribution in [-0.4, -0.2) is 26.3 Å². The molecule has 0 aliphatic carbocycles. The zero-order valence-electron chi connectivity index (χ0n) is 10.4. The third-order valence-electron chi connectivity index (χ3n) is 2.82. The van der Waals surface area contributed by atoms with Gasteiger partial charge in [0.2, 0.25) is 11.3 Å². The third-order valence-corrected chi connectivity index (χ3v) is 2.82. The molecule has 0 saturated heterocycles. The predicted octanol–water partition coefficient (Wildman–Crippen LogP) is 0.118. The molecule has 20 heavy (non-hydrogen) atoms. The zero-order chi connectivity index (χ0) is 14.3. The maximum absolute atomic E-state index is 12.3. The Kier molecular flexibility index (Phi) is 2.56. The van der Waals surface area contributed by atoms with Crippen LogP contribution in [0.3, 0.4) is 0 Å². The van der Waals surface area contributed by atoms with E-state index >= 15 is 0 Å². The second-order valence-electron chi connectivity index (χ2n) is 4.26. The standard InChI is InChI=1S/C12H9N5O3/c1-5(18)13-6-2-3-7-8(4-6)14-12(20)10-9(11(7)19)15-17-16-10/h2-4H,1H3,(H,13,18)(H,14,20)(H,15,16,17). The number of nitrogens with zero attached hydrogens (tertiary/aromatic N) is 2. The van der Waals surface area contributed by atoms with Gasteiger partial charge in [-0.15, -0.1) is 5.10 Å². The van der Waals surface area contributed by atoms with Crippen molar-refractivity contribution in [3.63, 3.8) is 0 Å². The third kappa shape index (κ3) is 1.83. The van der Waals surface area contributed by atoms with Gasteiger partial charge in [0.1, 0.15) is 5.52 Å². The van der Waals surface area contributed by atoms with Crippen molar-refractivity contribution in [2.45, 2.75) is 6.92 Å². The number of anilines is 1. The van der Waals surface area contributed by atoms with Crippen LogP contribution in [0.1, 0.15) is 6.92 Å². The van der Waals surface area contributed by atoms with E-state index in [0.717, 1.165) is 0 Å². The van der Waals surface area contributed by atoms with Gasteiger partial charge >= 0.3 is 0 Å². The Balaban J connectivity index is 2.43. The van der Waals surface area contributed by atoms with Crippen LogP contribution in [-0.2, 0) is 4.79 Å². The highest BCUT2D eigenvalue weighted by atomic mass is 16.1. The van der Waals surface area contributed by atoms with Crippen LogP contribution in [0.4, 0.5) is 5.69 Å². The molecule has 1 aromatic carbocycles. The largest absolute Gasteiger partial charge is 0.326 e. The molecule has 3 rings (SSSR count). The summed E-state index contributed by atoms with van der Waals surface area (Å²) in [5, 5.41) is 12.4. The Morgan fingerprint density at radius 1 is 1.30 bits per heavy atom. The predicted molar refractivity (Wildman–Crippen MR) is 72.6 cm³/mol. The van der Waals surface area contributed by atoms with Crippen molar-refractivity contribution >= 4 is 33.5 Å². The summed E-state index contributed by atoms with van der Waals surface area (Å²) in [6.07, 6.45) is 0. The summed E-state index contributed by atoms with van der Waals surface area (Å²) in [6.45, 7) is 1.37. The molecular formula is C12H9N5O3. The van der Waals surface area contributed by atoms with Gasteiger partial charge in [0.05, 0.1) is 5.52 Å². The minimum absolute atomic E-state index is 0.0488. The van der Waals surface area contributed by atoms with E-state index in [0.29, 0.717) is 16.6 Å². The van der Waals surface area contributed by atoms with Crippen molar-refractivity contribution < 1.29 is 4.79 Å². The van der Waals surface area contributed by atoms with E-state index in [2.05, 4.69) is 25.7 Å². The summed E-state index contributed by atoms with van der Waals surface area (Å²) in [5.74, 6) is -0.243. The summed E-state index contributed by atoms with van der Waals surface area (Å²) in [7, 11) is 0. The second-order valence-corrected chi connectivity index (χ2v) is 4.26.